The molecular weight excluding hydrogens is 373 g/mol. The van der Waals surface area contributed by atoms with Crippen molar-refractivity contribution in [3.8, 4) is 0 Å². The largest absolute Gasteiger partial charge is 0.490 e. The highest BCUT2D eigenvalue weighted by Gasteiger charge is 2.69. The van der Waals surface area contributed by atoms with Gasteiger partial charge in [0, 0.05) is 0 Å². The van der Waals surface area contributed by atoms with Gasteiger partial charge in [-0.15, -0.1) is 0 Å². The Bertz CT molecular complexity index is 466. The molecule has 1 aliphatic heterocycles. The van der Waals surface area contributed by atoms with Gasteiger partial charge < -0.3 is 9.47 Å². The molecule has 0 saturated carbocycles. The molecule has 1 atom stereocenters. The van der Waals surface area contributed by atoms with E-state index in [0.29, 0.717) is 0 Å². The summed E-state index contributed by atoms with van der Waals surface area (Å²) in [5.74, 6) is -5.70. The minimum Gasteiger partial charge on any atom is -0.490 e. The number of ether oxygens (including phenoxy) is 2. The van der Waals surface area contributed by atoms with E-state index in [-0.39, 0.29) is 0 Å². The van der Waals surface area contributed by atoms with Crippen molar-refractivity contribution in [2.24, 2.45) is 5.41 Å². The van der Waals surface area contributed by atoms with Gasteiger partial charge in [0.1, 0.15) is 6.26 Å². The number of hydrogen-bond donors (Lipinski definition) is 0. The molecule has 0 radical (unpaired) electrons. The predicted molar refractivity (Wildman–Crippen MR) is 55.0 cm³/mol. The lowest BCUT2D eigenvalue weighted by Gasteiger charge is -2.46. The van der Waals surface area contributed by atoms with Gasteiger partial charge in [0.15, 0.2) is 11.7 Å². The van der Waals surface area contributed by atoms with Crippen LogP contribution in [0.1, 0.15) is 6.92 Å². The van der Waals surface area contributed by atoms with E-state index in [9.17, 15) is 48.3 Å². The molecule has 1 rings (SSSR count). The van der Waals surface area contributed by atoms with E-state index in [1.54, 1.807) is 0 Å². The summed E-state index contributed by atoms with van der Waals surface area (Å²) in [7, 11) is 0. The van der Waals surface area contributed by atoms with Gasteiger partial charge >= 0.3 is 24.5 Å². The van der Waals surface area contributed by atoms with Gasteiger partial charge in [-0.3, -0.25) is 0 Å². The Morgan fingerprint density at radius 3 is 1.58 bits per heavy atom. The molecule has 0 bridgehead atoms. The van der Waals surface area contributed by atoms with Crippen LogP contribution in [0.15, 0.2) is 11.8 Å². The smallest absolute Gasteiger partial charge is 0.457 e. The van der Waals surface area contributed by atoms with Gasteiger partial charge in [0.25, 0.3) is 0 Å². The third-order valence-electron chi connectivity index (χ3n) is 3.14. The fraction of sp³-hybridized carbons (Fsp3) is 0.818. The van der Waals surface area contributed by atoms with Crippen LogP contribution in [0.5, 0.6) is 0 Å². The molecule has 0 amide bonds. The lowest BCUT2D eigenvalue weighted by Crippen LogP contribution is -2.61. The van der Waals surface area contributed by atoms with Crippen LogP contribution < -0.4 is 0 Å². The van der Waals surface area contributed by atoms with Crippen molar-refractivity contribution in [3.63, 3.8) is 0 Å². The normalized spacial score (nSPS) is 20.2. The van der Waals surface area contributed by atoms with E-state index < -0.39 is 61.0 Å². The molecule has 0 aliphatic carbocycles. The summed E-state index contributed by atoms with van der Waals surface area (Å²) in [6.45, 7) is -0.759. The lowest BCUT2D eigenvalue weighted by atomic mass is 9.79. The minimum absolute atomic E-state index is 0.759. The molecule has 0 N–H and O–H groups in total. The Kier molecular flexibility index (Phi) is 5.12. The van der Waals surface area contributed by atoms with Gasteiger partial charge in [-0.2, -0.15) is 48.3 Å². The number of rotatable bonds is 4. The summed E-state index contributed by atoms with van der Waals surface area (Å²) in [4.78, 5) is 0. The molecule has 1 saturated heterocycles. The van der Waals surface area contributed by atoms with Crippen molar-refractivity contribution in [2.75, 3.05) is 13.2 Å². The molecule has 0 aromatic carbocycles. The predicted octanol–water partition coefficient (Wildman–Crippen LogP) is 4.61. The molecule has 1 heterocycles. The van der Waals surface area contributed by atoms with E-state index in [2.05, 4.69) is 9.47 Å². The number of allylic oxidation sites excluding steroid dienone is 1. The zero-order chi connectivity index (χ0) is 19.2. The molecule has 1 unspecified atom stereocenters. The minimum atomic E-state index is -6.25. The molecular formula is C11H9F11O2. The van der Waals surface area contributed by atoms with Crippen LogP contribution in [-0.4, -0.2) is 43.8 Å². The van der Waals surface area contributed by atoms with E-state index in [4.69, 9.17) is 0 Å². The second-order valence-electron chi connectivity index (χ2n) is 5.31. The Hall–Kier alpha value is -1.27. The van der Waals surface area contributed by atoms with Crippen LogP contribution >= 0.6 is 0 Å². The van der Waals surface area contributed by atoms with Crippen molar-refractivity contribution in [1.82, 2.24) is 0 Å². The fourth-order valence-electron chi connectivity index (χ4n) is 1.84. The number of halogens is 11. The van der Waals surface area contributed by atoms with Crippen LogP contribution in [-0.2, 0) is 9.47 Å². The van der Waals surface area contributed by atoms with Crippen LogP contribution in [0.2, 0.25) is 0 Å². The van der Waals surface area contributed by atoms with E-state index in [0.717, 1.165) is 6.92 Å². The standard InChI is InChI=1S/C11H9F11O2/c1-7(3-23-4-7)6(8(12,13)11(20,21)22)24-2-5(9(14,15)16)10(17,18)19/h2,6H,3-4H2,1H3. The zero-order valence-corrected chi connectivity index (χ0v) is 11.5. The first kappa shape index (κ1) is 20.8. The highest BCUT2D eigenvalue weighted by atomic mass is 19.4. The lowest BCUT2D eigenvalue weighted by molar-refractivity contribution is -0.344. The van der Waals surface area contributed by atoms with Gasteiger partial charge in [0.05, 0.1) is 18.6 Å². The third kappa shape index (κ3) is 4.03. The number of alkyl halides is 11. The van der Waals surface area contributed by atoms with E-state index >= 15 is 0 Å². The molecule has 1 aliphatic rings. The maximum atomic E-state index is 13.5. The van der Waals surface area contributed by atoms with Crippen LogP contribution in [0, 0.1) is 5.41 Å². The fourth-order valence-corrected chi connectivity index (χ4v) is 1.84. The summed E-state index contributed by atoms with van der Waals surface area (Å²) < 4.78 is 146. The first-order valence-electron chi connectivity index (χ1n) is 5.95. The second-order valence-corrected chi connectivity index (χ2v) is 5.31. The monoisotopic (exact) mass is 382 g/mol. The first-order chi connectivity index (χ1) is 10.4. The molecule has 1 fully saturated rings. The quantitative estimate of drug-likeness (QED) is 0.522. The zero-order valence-electron chi connectivity index (χ0n) is 11.5. The Morgan fingerprint density at radius 1 is 0.917 bits per heavy atom. The maximum Gasteiger partial charge on any atom is 0.457 e. The Labute approximate surface area is 127 Å². The summed E-state index contributed by atoms with van der Waals surface area (Å²) in [5.41, 5.74) is -5.47. The maximum absolute atomic E-state index is 13.5. The van der Waals surface area contributed by atoms with E-state index in [1.807, 2.05) is 0 Å². The van der Waals surface area contributed by atoms with Gasteiger partial charge in [-0.1, -0.05) is 6.92 Å². The van der Waals surface area contributed by atoms with Gasteiger partial charge in [-0.05, 0) is 0 Å². The summed E-state index contributed by atoms with van der Waals surface area (Å²) in [5, 5.41) is 0. The van der Waals surface area contributed by atoms with Crippen LogP contribution in [0.25, 0.3) is 0 Å². The van der Waals surface area contributed by atoms with E-state index in [1.165, 1.54) is 0 Å². The highest BCUT2D eigenvalue weighted by molar-refractivity contribution is 5.13. The molecule has 2 nitrogen and oxygen atoms in total. The van der Waals surface area contributed by atoms with Gasteiger partial charge in [0.2, 0.25) is 0 Å². The Morgan fingerprint density at radius 2 is 1.33 bits per heavy atom. The second kappa shape index (κ2) is 5.92. The molecule has 0 aromatic rings. The molecule has 0 spiro atoms. The average molecular weight is 382 g/mol. The van der Waals surface area contributed by atoms with Crippen molar-refractivity contribution in [1.29, 1.82) is 0 Å². The summed E-state index contributed by atoms with van der Waals surface area (Å²) in [6, 6.07) is 0. The van der Waals surface area contributed by atoms with Crippen molar-refractivity contribution in [2.45, 2.75) is 37.5 Å². The third-order valence-corrected chi connectivity index (χ3v) is 3.14. The average Bonchev–Trinajstić information content (AvgIpc) is 2.26. The topological polar surface area (TPSA) is 18.5 Å². The Balaban J connectivity index is 3.26. The molecule has 13 heteroatoms. The van der Waals surface area contributed by atoms with Crippen molar-refractivity contribution < 1.29 is 57.8 Å². The molecule has 24 heavy (non-hydrogen) atoms. The number of hydrogen-bond acceptors (Lipinski definition) is 2. The first-order valence-corrected chi connectivity index (χ1v) is 5.95. The van der Waals surface area contributed by atoms with Crippen molar-refractivity contribution in [3.05, 3.63) is 11.8 Å². The van der Waals surface area contributed by atoms with Crippen LogP contribution in [0.4, 0.5) is 48.3 Å². The summed E-state index contributed by atoms with van der Waals surface area (Å²) >= 11 is 0. The van der Waals surface area contributed by atoms with Crippen LogP contribution in [0.3, 0.4) is 0 Å². The summed E-state index contributed by atoms with van der Waals surface area (Å²) in [6.07, 6.45) is -22.9. The highest BCUT2D eigenvalue weighted by Crippen LogP contribution is 2.49. The van der Waals surface area contributed by atoms with Gasteiger partial charge in [-0.25, -0.2) is 0 Å². The SMILES string of the molecule is CC1(C(OC=C(C(F)(F)F)C(F)(F)F)C(F)(F)C(F)(F)F)COC1. The molecule has 142 valence electrons. The molecule has 0 aromatic heterocycles. The van der Waals surface area contributed by atoms with Crippen molar-refractivity contribution >= 4 is 0 Å².